The molecule has 0 fully saturated rings. The Bertz CT molecular complexity index is 1050. The number of rotatable bonds is 7. The molecule has 0 spiro atoms. The van der Waals surface area contributed by atoms with E-state index in [1.54, 1.807) is 18.5 Å². The van der Waals surface area contributed by atoms with Gasteiger partial charge in [0.1, 0.15) is 17.7 Å². The topological polar surface area (TPSA) is 89.8 Å². The molecule has 0 saturated heterocycles. The van der Waals surface area contributed by atoms with Gasteiger partial charge in [-0.2, -0.15) is 0 Å². The molecule has 1 N–H and O–H groups in total. The predicted molar refractivity (Wildman–Crippen MR) is 106 cm³/mol. The molecule has 10 heteroatoms. The molecule has 0 aliphatic heterocycles. The van der Waals surface area contributed by atoms with Gasteiger partial charge in [0.05, 0.1) is 11.4 Å². The lowest BCUT2D eigenvalue weighted by molar-refractivity contribution is -0.144. The zero-order valence-electron chi connectivity index (χ0n) is 14.8. The number of aromatic nitrogens is 2. The van der Waals surface area contributed by atoms with Gasteiger partial charge in [-0.25, -0.2) is 9.37 Å². The lowest BCUT2D eigenvalue weighted by Gasteiger charge is -2.11. The number of hydrogen-bond donors (Lipinski definition) is 1. The van der Waals surface area contributed by atoms with Crippen LogP contribution in [0, 0.1) is 5.82 Å². The van der Waals surface area contributed by atoms with Gasteiger partial charge in [-0.15, -0.1) is 23.1 Å². The number of carbonyl (C=O) groups excluding carboxylic acids is 2. The number of nitrogens with one attached hydrogen (secondary N) is 1. The highest BCUT2D eigenvalue weighted by atomic mass is 32.2. The van der Waals surface area contributed by atoms with E-state index in [9.17, 15) is 18.8 Å². The van der Waals surface area contributed by atoms with E-state index >= 15 is 0 Å². The fraction of sp³-hybridized carbons (Fsp3) is 0.222. The Kier molecular flexibility index (Phi) is 6.42. The molecule has 1 aromatic carbocycles. The first kappa shape index (κ1) is 20.0. The second-order valence-corrected chi connectivity index (χ2v) is 7.96. The summed E-state index contributed by atoms with van der Waals surface area (Å²) in [5.41, 5.74) is 0.604. The molecule has 7 nitrogen and oxygen atoms in total. The highest BCUT2D eigenvalue weighted by Gasteiger charge is 2.17. The molecular formula is C18H16FN3O4S2. The van der Waals surface area contributed by atoms with E-state index in [-0.39, 0.29) is 29.6 Å². The number of esters is 1. The molecule has 1 amide bonds. The third-order valence-electron chi connectivity index (χ3n) is 3.64. The maximum Gasteiger partial charge on any atom is 0.319 e. The minimum atomic E-state index is -0.578. The summed E-state index contributed by atoms with van der Waals surface area (Å²) in [6.07, 6.45) is 1.63. The third-order valence-corrected chi connectivity index (χ3v) is 5.52. The van der Waals surface area contributed by atoms with Gasteiger partial charge in [0, 0.05) is 23.3 Å². The smallest absolute Gasteiger partial charge is 0.319 e. The number of hydrogen-bond acceptors (Lipinski definition) is 7. The summed E-state index contributed by atoms with van der Waals surface area (Å²) >= 11 is 2.42. The average molecular weight is 421 g/mol. The third kappa shape index (κ3) is 5.17. The maximum atomic E-state index is 12.9. The fourth-order valence-electron chi connectivity index (χ4n) is 2.22. The quantitative estimate of drug-likeness (QED) is 0.590. The van der Waals surface area contributed by atoms with Gasteiger partial charge >= 0.3 is 5.97 Å². The van der Waals surface area contributed by atoms with Crippen LogP contribution in [0.5, 0.6) is 0 Å². The van der Waals surface area contributed by atoms with Crippen LogP contribution in [0.15, 0.2) is 46.7 Å². The Morgan fingerprint density at radius 1 is 1.36 bits per heavy atom. The van der Waals surface area contributed by atoms with Crippen molar-refractivity contribution in [2.45, 2.75) is 18.8 Å². The number of nitrogens with zero attached hydrogens (tertiary/aromatic N) is 2. The number of thioether (sulfide) groups is 1. The summed E-state index contributed by atoms with van der Waals surface area (Å²) < 4.78 is 19.5. The zero-order valence-corrected chi connectivity index (χ0v) is 16.4. The number of benzene rings is 1. The van der Waals surface area contributed by atoms with Gasteiger partial charge < -0.3 is 10.1 Å². The first-order valence-corrected chi connectivity index (χ1v) is 10.1. The van der Waals surface area contributed by atoms with Crippen LogP contribution in [-0.4, -0.2) is 32.3 Å². The van der Waals surface area contributed by atoms with Gasteiger partial charge in [-0.05, 0) is 31.2 Å². The molecule has 0 radical (unpaired) electrons. The van der Waals surface area contributed by atoms with E-state index in [2.05, 4.69) is 10.3 Å². The van der Waals surface area contributed by atoms with Crippen molar-refractivity contribution >= 4 is 45.6 Å². The summed E-state index contributed by atoms with van der Waals surface area (Å²) in [6.45, 7) is 1.51. The SMILES string of the molecule is C[C@@H](SCC(=O)Nc1ccc(F)cc1)C(=O)OCc1cc(=O)n2ccsc2n1. The molecule has 0 aliphatic rings. The Balaban J connectivity index is 1.46. The second-order valence-electron chi connectivity index (χ2n) is 5.76. The molecule has 0 aliphatic carbocycles. The van der Waals surface area contributed by atoms with Crippen molar-refractivity contribution in [2.24, 2.45) is 0 Å². The van der Waals surface area contributed by atoms with Gasteiger partial charge in [0.2, 0.25) is 5.91 Å². The summed E-state index contributed by atoms with van der Waals surface area (Å²) in [6, 6.07) is 6.72. The Morgan fingerprint density at radius 2 is 2.11 bits per heavy atom. The van der Waals surface area contributed by atoms with Crippen molar-refractivity contribution in [3.05, 3.63) is 63.8 Å². The zero-order chi connectivity index (χ0) is 20.1. The minimum absolute atomic E-state index is 0.0361. The van der Waals surface area contributed by atoms with Crippen LogP contribution >= 0.6 is 23.1 Å². The molecule has 3 aromatic rings. The van der Waals surface area contributed by atoms with Crippen LogP contribution in [0.4, 0.5) is 10.1 Å². The van der Waals surface area contributed by atoms with Gasteiger partial charge in [-0.3, -0.25) is 18.8 Å². The summed E-state index contributed by atoms with van der Waals surface area (Å²) in [7, 11) is 0. The van der Waals surface area contributed by atoms with Crippen LogP contribution < -0.4 is 10.9 Å². The maximum absolute atomic E-state index is 12.9. The summed E-state index contributed by atoms with van der Waals surface area (Å²) in [5, 5.41) is 3.78. The van der Waals surface area contributed by atoms with Crippen molar-refractivity contribution in [1.29, 1.82) is 0 Å². The normalized spacial score (nSPS) is 11.9. The monoisotopic (exact) mass is 421 g/mol. The lowest BCUT2D eigenvalue weighted by atomic mass is 10.3. The first-order valence-electron chi connectivity index (χ1n) is 8.22. The second kappa shape index (κ2) is 8.98. The Morgan fingerprint density at radius 3 is 2.86 bits per heavy atom. The lowest BCUT2D eigenvalue weighted by Crippen LogP contribution is -2.22. The van der Waals surface area contributed by atoms with Crippen molar-refractivity contribution in [1.82, 2.24) is 9.38 Å². The van der Waals surface area contributed by atoms with Crippen LogP contribution in [0.25, 0.3) is 4.96 Å². The summed E-state index contributed by atoms with van der Waals surface area (Å²) in [5.74, 6) is -1.17. The molecule has 1 atom stereocenters. The fourth-order valence-corrected chi connectivity index (χ4v) is 3.64. The Labute approximate surface area is 167 Å². The molecule has 0 bridgehead atoms. The molecule has 2 aromatic heterocycles. The number of ether oxygens (including phenoxy) is 1. The van der Waals surface area contributed by atoms with E-state index in [4.69, 9.17) is 4.74 Å². The molecular weight excluding hydrogens is 405 g/mol. The van der Waals surface area contributed by atoms with Crippen molar-refractivity contribution in [3.8, 4) is 0 Å². The van der Waals surface area contributed by atoms with E-state index in [1.165, 1.54) is 46.1 Å². The van der Waals surface area contributed by atoms with Crippen molar-refractivity contribution in [3.63, 3.8) is 0 Å². The standard InChI is InChI=1S/C18H16FN3O4S2/c1-11(28-10-15(23)20-13-4-2-12(19)3-5-13)17(25)26-9-14-8-16(24)22-6-7-27-18(22)21-14/h2-8,11H,9-10H2,1H3,(H,20,23)/t11-/m1/s1. The molecule has 2 heterocycles. The van der Waals surface area contributed by atoms with Gasteiger partial charge in [0.15, 0.2) is 4.96 Å². The van der Waals surface area contributed by atoms with Crippen molar-refractivity contribution < 1.29 is 18.7 Å². The Hall–Kier alpha value is -2.72. The number of carbonyl (C=O) groups is 2. The van der Waals surface area contributed by atoms with Crippen LogP contribution in [-0.2, 0) is 20.9 Å². The molecule has 28 heavy (non-hydrogen) atoms. The molecule has 0 saturated carbocycles. The number of amides is 1. The predicted octanol–water partition coefficient (Wildman–Crippen LogP) is 2.70. The number of fused-ring (bicyclic) bond motifs is 1. The number of anilines is 1. The van der Waals surface area contributed by atoms with Crippen LogP contribution in [0.1, 0.15) is 12.6 Å². The largest absolute Gasteiger partial charge is 0.458 e. The number of halogens is 1. The first-order chi connectivity index (χ1) is 13.4. The van der Waals surface area contributed by atoms with Gasteiger partial charge in [-0.1, -0.05) is 0 Å². The highest BCUT2D eigenvalue weighted by molar-refractivity contribution is 8.01. The minimum Gasteiger partial charge on any atom is -0.458 e. The average Bonchev–Trinajstić information content (AvgIpc) is 3.15. The molecule has 3 rings (SSSR count). The van der Waals surface area contributed by atoms with Gasteiger partial charge in [0.25, 0.3) is 5.56 Å². The summed E-state index contributed by atoms with van der Waals surface area (Å²) in [4.78, 5) is 40.7. The molecule has 0 unspecified atom stereocenters. The van der Waals surface area contributed by atoms with E-state index in [1.807, 2.05) is 0 Å². The molecule has 146 valence electrons. The van der Waals surface area contributed by atoms with E-state index < -0.39 is 11.2 Å². The number of thiazole rings is 1. The van der Waals surface area contributed by atoms with Crippen LogP contribution in [0.3, 0.4) is 0 Å². The van der Waals surface area contributed by atoms with Crippen molar-refractivity contribution in [2.75, 3.05) is 11.1 Å². The highest BCUT2D eigenvalue weighted by Crippen LogP contribution is 2.15. The van der Waals surface area contributed by atoms with Crippen LogP contribution in [0.2, 0.25) is 0 Å². The van der Waals surface area contributed by atoms with E-state index in [0.29, 0.717) is 16.3 Å². The van der Waals surface area contributed by atoms with E-state index in [0.717, 1.165) is 11.8 Å².